The lowest BCUT2D eigenvalue weighted by atomic mass is 9.91. The van der Waals surface area contributed by atoms with Crippen LogP contribution in [-0.2, 0) is 9.59 Å². The van der Waals surface area contributed by atoms with Gasteiger partial charge in [-0.25, -0.2) is 0 Å². The number of carbonyl (C=O) groups is 2. The highest BCUT2D eigenvalue weighted by atomic mass is 16.4. The van der Waals surface area contributed by atoms with Crippen molar-refractivity contribution >= 4 is 18.0 Å². The Kier molecular flexibility index (Phi) is 5.76. The summed E-state index contributed by atoms with van der Waals surface area (Å²) in [5.74, 6) is -1.53. The summed E-state index contributed by atoms with van der Waals surface area (Å²) in [5.41, 5.74) is 0. The van der Waals surface area contributed by atoms with Gasteiger partial charge in [0.25, 0.3) is 0 Å². The molecule has 2 atom stereocenters. The van der Waals surface area contributed by atoms with Crippen molar-refractivity contribution in [3.63, 3.8) is 0 Å². The molecular formula is C10H17NO3. The number of aliphatic carboxylic acids is 1. The van der Waals surface area contributed by atoms with Gasteiger partial charge in [-0.15, -0.1) is 0 Å². The van der Waals surface area contributed by atoms with Crippen molar-refractivity contribution in [2.24, 2.45) is 16.8 Å². The van der Waals surface area contributed by atoms with Gasteiger partial charge in [0.2, 0.25) is 0 Å². The molecule has 0 aromatic carbocycles. The summed E-state index contributed by atoms with van der Waals surface area (Å²) in [5, 5.41) is 8.86. The maximum atomic E-state index is 10.9. The normalized spacial score (nSPS) is 15.4. The van der Waals surface area contributed by atoms with Crippen LogP contribution in [0.5, 0.6) is 0 Å². The second-order valence-corrected chi connectivity index (χ2v) is 3.46. The highest BCUT2D eigenvalue weighted by molar-refractivity contribution is 5.80. The second kappa shape index (κ2) is 6.29. The first-order valence-corrected chi connectivity index (χ1v) is 4.62. The van der Waals surface area contributed by atoms with Gasteiger partial charge in [-0.05, 0) is 26.0 Å². The van der Waals surface area contributed by atoms with Crippen molar-refractivity contribution in [3.8, 4) is 0 Å². The van der Waals surface area contributed by atoms with Crippen molar-refractivity contribution < 1.29 is 14.7 Å². The first kappa shape index (κ1) is 12.8. The number of ketones is 1. The molecule has 0 aromatic heterocycles. The molecular weight excluding hydrogens is 182 g/mol. The molecule has 1 N–H and O–H groups in total. The minimum atomic E-state index is -0.863. The average molecular weight is 199 g/mol. The van der Waals surface area contributed by atoms with Gasteiger partial charge in [0.15, 0.2) is 0 Å². The van der Waals surface area contributed by atoms with Crippen LogP contribution in [0.1, 0.15) is 26.7 Å². The van der Waals surface area contributed by atoms with Crippen LogP contribution in [0.4, 0.5) is 0 Å². The number of aliphatic imine (C=N–C) groups is 1. The summed E-state index contributed by atoms with van der Waals surface area (Å²) >= 11 is 0. The lowest BCUT2D eigenvalue weighted by Crippen LogP contribution is -2.20. The van der Waals surface area contributed by atoms with E-state index in [4.69, 9.17) is 5.11 Å². The molecule has 80 valence electrons. The van der Waals surface area contributed by atoms with Gasteiger partial charge in [-0.2, -0.15) is 0 Å². The number of hydrogen-bond donors (Lipinski definition) is 1. The van der Waals surface area contributed by atoms with Gasteiger partial charge in [0, 0.05) is 13.0 Å². The van der Waals surface area contributed by atoms with E-state index in [1.165, 1.54) is 6.92 Å². The van der Waals surface area contributed by atoms with Crippen LogP contribution in [0, 0.1) is 11.8 Å². The molecule has 4 heteroatoms. The molecule has 0 aliphatic heterocycles. The Morgan fingerprint density at radius 1 is 1.50 bits per heavy atom. The Balaban J connectivity index is 4.22. The second-order valence-electron chi connectivity index (χ2n) is 3.46. The average Bonchev–Trinajstić information content (AvgIpc) is 2.10. The van der Waals surface area contributed by atoms with Gasteiger partial charge in [0.05, 0.1) is 5.92 Å². The molecule has 0 rings (SSSR count). The lowest BCUT2D eigenvalue weighted by molar-refractivity contribution is -0.142. The zero-order valence-electron chi connectivity index (χ0n) is 8.86. The molecule has 0 amide bonds. The van der Waals surface area contributed by atoms with Crippen LogP contribution < -0.4 is 0 Å². The maximum absolute atomic E-state index is 10.9. The molecule has 0 heterocycles. The molecule has 0 saturated carbocycles. The van der Waals surface area contributed by atoms with E-state index in [2.05, 4.69) is 4.99 Å². The van der Waals surface area contributed by atoms with E-state index in [-0.39, 0.29) is 11.7 Å². The molecule has 4 nitrogen and oxygen atoms in total. The monoisotopic (exact) mass is 199 g/mol. The van der Waals surface area contributed by atoms with Gasteiger partial charge >= 0.3 is 5.97 Å². The van der Waals surface area contributed by atoms with Crippen molar-refractivity contribution in [2.45, 2.75) is 26.7 Å². The SMILES string of the molecule is C/N=C/CC(CC(C)C(C)=O)C(=O)O. The van der Waals surface area contributed by atoms with Gasteiger partial charge in [-0.3, -0.25) is 9.59 Å². The summed E-state index contributed by atoms with van der Waals surface area (Å²) in [4.78, 5) is 25.5. The number of carboxylic acid groups (broad SMARTS) is 1. The number of nitrogens with zero attached hydrogens (tertiary/aromatic N) is 1. The van der Waals surface area contributed by atoms with Crippen LogP contribution in [-0.4, -0.2) is 30.1 Å². The molecule has 14 heavy (non-hydrogen) atoms. The fourth-order valence-corrected chi connectivity index (χ4v) is 1.12. The minimum absolute atomic E-state index is 0.0321. The number of rotatable bonds is 6. The highest BCUT2D eigenvalue weighted by Crippen LogP contribution is 2.15. The van der Waals surface area contributed by atoms with Gasteiger partial charge in [0.1, 0.15) is 5.78 Å². The smallest absolute Gasteiger partial charge is 0.306 e. The third kappa shape index (κ3) is 4.74. The topological polar surface area (TPSA) is 66.7 Å². The van der Waals surface area contributed by atoms with Crippen LogP contribution in [0.25, 0.3) is 0 Å². The molecule has 0 aliphatic carbocycles. The summed E-state index contributed by atoms with van der Waals surface area (Å²) in [6.07, 6.45) is 2.35. The number of carboxylic acids is 1. The summed E-state index contributed by atoms with van der Waals surface area (Å²) in [6.45, 7) is 3.23. The predicted molar refractivity (Wildman–Crippen MR) is 54.6 cm³/mol. The maximum Gasteiger partial charge on any atom is 0.306 e. The Morgan fingerprint density at radius 2 is 2.07 bits per heavy atom. The fourth-order valence-electron chi connectivity index (χ4n) is 1.12. The van der Waals surface area contributed by atoms with Gasteiger partial charge < -0.3 is 10.1 Å². The summed E-state index contributed by atoms with van der Waals surface area (Å²) in [6, 6.07) is 0. The third-order valence-electron chi connectivity index (χ3n) is 2.25. The van der Waals surface area contributed by atoms with Crippen molar-refractivity contribution in [2.75, 3.05) is 7.05 Å². The number of hydrogen-bond acceptors (Lipinski definition) is 3. The van der Waals surface area contributed by atoms with E-state index in [1.54, 1.807) is 20.2 Å². The molecule has 0 saturated heterocycles. The molecule has 0 radical (unpaired) electrons. The fraction of sp³-hybridized carbons (Fsp3) is 0.700. The Labute approximate surface area is 84.0 Å². The van der Waals surface area contributed by atoms with E-state index in [0.717, 1.165) is 0 Å². The van der Waals surface area contributed by atoms with E-state index >= 15 is 0 Å². The zero-order chi connectivity index (χ0) is 11.1. The molecule has 0 aliphatic rings. The van der Waals surface area contributed by atoms with E-state index in [9.17, 15) is 9.59 Å². The number of carbonyl (C=O) groups excluding carboxylic acids is 1. The third-order valence-corrected chi connectivity index (χ3v) is 2.25. The van der Waals surface area contributed by atoms with Gasteiger partial charge in [-0.1, -0.05) is 6.92 Å². The predicted octanol–water partition coefficient (Wildman–Crippen LogP) is 1.39. The van der Waals surface area contributed by atoms with Crippen LogP contribution in [0.15, 0.2) is 4.99 Å². The molecule has 0 aromatic rings. The number of Topliss-reactive ketones (excluding diaryl/α,β-unsaturated/α-hetero) is 1. The molecule has 0 spiro atoms. The standard InChI is InChI=1S/C10H17NO3/c1-7(8(2)12)6-9(10(13)14)4-5-11-3/h5,7,9H,4,6H2,1-3H3,(H,13,14)/b11-5+. The summed E-state index contributed by atoms with van der Waals surface area (Å²) < 4.78 is 0. The molecule has 0 fully saturated rings. The van der Waals surface area contributed by atoms with Crippen molar-refractivity contribution in [1.29, 1.82) is 0 Å². The van der Waals surface area contributed by atoms with Crippen LogP contribution >= 0.6 is 0 Å². The first-order chi connectivity index (χ1) is 6.49. The zero-order valence-corrected chi connectivity index (χ0v) is 8.86. The largest absolute Gasteiger partial charge is 0.481 e. The minimum Gasteiger partial charge on any atom is -0.481 e. The van der Waals surface area contributed by atoms with E-state index in [0.29, 0.717) is 12.8 Å². The Bertz CT molecular complexity index is 236. The highest BCUT2D eigenvalue weighted by Gasteiger charge is 2.21. The van der Waals surface area contributed by atoms with Crippen LogP contribution in [0.3, 0.4) is 0 Å². The molecule has 2 unspecified atom stereocenters. The van der Waals surface area contributed by atoms with E-state index in [1.807, 2.05) is 0 Å². The Morgan fingerprint density at radius 3 is 2.43 bits per heavy atom. The molecule has 0 bridgehead atoms. The van der Waals surface area contributed by atoms with Crippen molar-refractivity contribution in [1.82, 2.24) is 0 Å². The summed E-state index contributed by atoms with van der Waals surface area (Å²) in [7, 11) is 1.60. The van der Waals surface area contributed by atoms with E-state index < -0.39 is 11.9 Å². The Hall–Kier alpha value is -1.19. The quantitative estimate of drug-likeness (QED) is 0.657. The first-order valence-electron chi connectivity index (χ1n) is 4.62. The van der Waals surface area contributed by atoms with Crippen LogP contribution in [0.2, 0.25) is 0 Å². The van der Waals surface area contributed by atoms with Crippen molar-refractivity contribution in [3.05, 3.63) is 0 Å². The lowest BCUT2D eigenvalue weighted by Gasteiger charge is -2.13.